The van der Waals surface area contributed by atoms with Crippen LogP contribution in [-0.2, 0) is 10.0 Å². The topological polar surface area (TPSA) is 114 Å². The van der Waals surface area contributed by atoms with E-state index >= 15 is 0 Å². The number of thioether (sulfide) groups is 1. The molecule has 1 fully saturated rings. The molecule has 3 aromatic carbocycles. The summed E-state index contributed by atoms with van der Waals surface area (Å²) in [5, 5.41) is 10.1. The van der Waals surface area contributed by atoms with Crippen LogP contribution in [0.4, 0.5) is 0 Å². The molecule has 3 heterocycles. The van der Waals surface area contributed by atoms with E-state index in [0.717, 1.165) is 31.1 Å². The van der Waals surface area contributed by atoms with Gasteiger partial charge in [0.05, 0.1) is 4.90 Å². The fraction of sp³-hybridized carbons (Fsp3) is 0.310. The van der Waals surface area contributed by atoms with Crippen LogP contribution in [0.5, 0.6) is 0 Å². The van der Waals surface area contributed by atoms with Gasteiger partial charge in [-0.3, -0.25) is 14.5 Å². The van der Waals surface area contributed by atoms with Gasteiger partial charge in [-0.05, 0) is 55.0 Å². The summed E-state index contributed by atoms with van der Waals surface area (Å²) in [6, 6.07) is 17.6. The van der Waals surface area contributed by atoms with Crippen LogP contribution in [0.1, 0.15) is 52.8 Å². The number of rotatable bonds is 8. The normalized spacial score (nSPS) is 16.4. The van der Waals surface area contributed by atoms with Crippen LogP contribution in [-0.4, -0.2) is 65.0 Å². The van der Waals surface area contributed by atoms with Crippen LogP contribution < -0.4 is 0 Å². The Labute approximate surface area is 236 Å². The zero-order valence-electron chi connectivity index (χ0n) is 21.8. The van der Waals surface area contributed by atoms with Crippen molar-refractivity contribution in [1.29, 1.82) is 0 Å². The van der Waals surface area contributed by atoms with Gasteiger partial charge in [-0.25, -0.2) is 8.42 Å². The molecule has 0 aliphatic carbocycles. The minimum absolute atomic E-state index is 0.215. The fourth-order valence-electron chi connectivity index (χ4n) is 5.27. The van der Waals surface area contributed by atoms with E-state index in [9.17, 15) is 18.0 Å². The molecule has 2 aliphatic rings. The molecule has 0 N–H and O–H groups in total. The Bertz CT molecular complexity index is 1640. The fourth-order valence-corrected chi connectivity index (χ4v) is 7.52. The number of amides is 2. The molecule has 0 bridgehead atoms. The van der Waals surface area contributed by atoms with E-state index < -0.39 is 10.0 Å². The van der Waals surface area contributed by atoms with Gasteiger partial charge < -0.3 is 4.42 Å². The first-order valence-corrected chi connectivity index (χ1v) is 15.8. The maximum absolute atomic E-state index is 13.2. The minimum atomic E-state index is -3.60. The van der Waals surface area contributed by atoms with Crippen molar-refractivity contribution in [2.75, 3.05) is 25.4 Å². The second kappa shape index (κ2) is 11.1. The Morgan fingerprint density at radius 3 is 2.23 bits per heavy atom. The molecule has 40 heavy (non-hydrogen) atoms. The van der Waals surface area contributed by atoms with Crippen molar-refractivity contribution < 1.29 is 22.4 Å². The summed E-state index contributed by atoms with van der Waals surface area (Å²) in [6.45, 7) is 1.34. The summed E-state index contributed by atoms with van der Waals surface area (Å²) < 4.78 is 33.8. The molecular weight excluding hydrogens is 548 g/mol. The molecule has 6 rings (SSSR count). The lowest BCUT2D eigenvalue weighted by atomic mass is 9.94. The number of aromatic nitrogens is 2. The molecule has 0 radical (unpaired) electrons. The molecule has 2 amide bonds. The summed E-state index contributed by atoms with van der Waals surface area (Å²) in [6.07, 6.45) is 4.37. The second-order valence-electron chi connectivity index (χ2n) is 9.89. The van der Waals surface area contributed by atoms with E-state index in [4.69, 9.17) is 4.42 Å². The molecule has 206 valence electrons. The number of hydrogen-bond donors (Lipinski definition) is 0. The highest BCUT2D eigenvalue weighted by Gasteiger charge is 2.32. The van der Waals surface area contributed by atoms with Crippen molar-refractivity contribution in [3.05, 3.63) is 71.8 Å². The average molecular weight is 577 g/mol. The van der Waals surface area contributed by atoms with E-state index in [-0.39, 0.29) is 29.1 Å². The maximum Gasteiger partial charge on any atom is 0.276 e. The zero-order valence-corrected chi connectivity index (χ0v) is 23.4. The van der Waals surface area contributed by atoms with E-state index in [1.807, 2.05) is 24.3 Å². The predicted molar refractivity (Wildman–Crippen MR) is 152 cm³/mol. The van der Waals surface area contributed by atoms with Gasteiger partial charge in [0.2, 0.25) is 15.9 Å². The smallest absolute Gasteiger partial charge is 0.276 e. The Hall–Kier alpha value is -3.54. The quantitative estimate of drug-likeness (QED) is 0.159. The highest BCUT2D eigenvalue weighted by molar-refractivity contribution is 7.99. The van der Waals surface area contributed by atoms with Crippen molar-refractivity contribution in [1.82, 2.24) is 19.4 Å². The SMILES string of the molecule is O=C1c2cccc3cccc(c23)C(=O)N1CCCSc1nnc(-c2cccc(S(=O)(=O)N3CCCCCC3)c2)o1. The van der Waals surface area contributed by atoms with Gasteiger partial charge in [-0.15, -0.1) is 10.2 Å². The summed E-state index contributed by atoms with van der Waals surface area (Å²) in [5.74, 6) is 0.221. The van der Waals surface area contributed by atoms with E-state index in [0.29, 0.717) is 52.6 Å². The molecule has 0 saturated carbocycles. The summed E-state index contributed by atoms with van der Waals surface area (Å²) in [5.41, 5.74) is 1.62. The highest BCUT2D eigenvalue weighted by Crippen LogP contribution is 2.31. The number of sulfonamides is 1. The van der Waals surface area contributed by atoms with E-state index in [1.165, 1.54) is 16.7 Å². The summed E-state index contributed by atoms with van der Waals surface area (Å²) in [7, 11) is -3.60. The Morgan fingerprint density at radius 1 is 0.850 bits per heavy atom. The standard InChI is InChI=1S/C29H28N4O5S2/c34-27-23-13-6-9-20-10-7-14-24(25(20)23)28(35)33(27)17-8-18-39-29-31-30-26(38-29)21-11-5-12-22(19-21)40(36,37)32-15-3-1-2-4-16-32/h5-7,9-14,19H,1-4,8,15-18H2. The molecule has 9 nitrogen and oxygen atoms in total. The number of carbonyl (C=O) groups is 2. The minimum Gasteiger partial charge on any atom is -0.411 e. The molecule has 1 saturated heterocycles. The molecule has 1 aromatic heterocycles. The van der Waals surface area contributed by atoms with Crippen molar-refractivity contribution in [2.24, 2.45) is 0 Å². The van der Waals surface area contributed by atoms with Gasteiger partial charge in [-0.1, -0.05) is 54.9 Å². The van der Waals surface area contributed by atoms with Crippen LogP contribution in [0.3, 0.4) is 0 Å². The predicted octanol–water partition coefficient (Wildman–Crippen LogP) is 5.23. The lowest BCUT2D eigenvalue weighted by Crippen LogP contribution is -2.41. The summed E-state index contributed by atoms with van der Waals surface area (Å²) >= 11 is 1.33. The largest absolute Gasteiger partial charge is 0.411 e. The Balaban J connectivity index is 1.09. The molecule has 4 aromatic rings. The maximum atomic E-state index is 13.2. The van der Waals surface area contributed by atoms with Gasteiger partial charge in [-0.2, -0.15) is 4.31 Å². The first-order valence-electron chi connectivity index (χ1n) is 13.4. The van der Waals surface area contributed by atoms with Crippen LogP contribution >= 0.6 is 11.8 Å². The van der Waals surface area contributed by atoms with E-state index in [1.54, 1.807) is 40.7 Å². The number of imide groups is 1. The summed E-state index contributed by atoms with van der Waals surface area (Å²) in [4.78, 5) is 27.6. The second-order valence-corrected chi connectivity index (χ2v) is 12.9. The Morgan fingerprint density at radius 2 is 1.52 bits per heavy atom. The van der Waals surface area contributed by atoms with Gasteiger partial charge in [0.1, 0.15) is 0 Å². The Kier molecular flexibility index (Phi) is 7.43. The molecule has 11 heteroatoms. The zero-order chi connectivity index (χ0) is 27.7. The van der Waals surface area contributed by atoms with Crippen LogP contribution in [0, 0.1) is 0 Å². The van der Waals surface area contributed by atoms with Crippen molar-refractivity contribution in [2.45, 2.75) is 42.2 Å². The molecule has 2 aliphatic heterocycles. The third kappa shape index (κ3) is 5.04. The lowest BCUT2D eigenvalue weighted by Gasteiger charge is -2.27. The van der Waals surface area contributed by atoms with Crippen LogP contribution in [0.15, 0.2) is 75.2 Å². The van der Waals surface area contributed by atoms with Crippen molar-refractivity contribution in [3.63, 3.8) is 0 Å². The third-order valence-corrected chi connectivity index (χ3v) is 10.1. The number of hydrogen-bond acceptors (Lipinski definition) is 8. The number of carbonyl (C=O) groups excluding carboxylic acids is 2. The molecule has 0 spiro atoms. The van der Waals surface area contributed by atoms with Crippen molar-refractivity contribution in [3.8, 4) is 11.5 Å². The third-order valence-electron chi connectivity index (χ3n) is 7.30. The van der Waals surface area contributed by atoms with Crippen LogP contribution in [0.25, 0.3) is 22.2 Å². The average Bonchev–Trinajstić information content (AvgIpc) is 3.27. The monoisotopic (exact) mass is 576 g/mol. The lowest BCUT2D eigenvalue weighted by molar-refractivity contribution is 0.0611. The van der Waals surface area contributed by atoms with E-state index in [2.05, 4.69) is 10.2 Å². The van der Waals surface area contributed by atoms with Crippen LogP contribution in [0.2, 0.25) is 0 Å². The first-order chi connectivity index (χ1) is 19.4. The van der Waals surface area contributed by atoms with Gasteiger partial charge >= 0.3 is 0 Å². The molecule has 0 unspecified atom stereocenters. The first kappa shape index (κ1) is 26.7. The highest BCUT2D eigenvalue weighted by atomic mass is 32.2. The molecule has 0 atom stereocenters. The van der Waals surface area contributed by atoms with Crippen molar-refractivity contribution >= 4 is 44.4 Å². The number of benzene rings is 3. The molecular formula is C29H28N4O5S2. The van der Waals surface area contributed by atoms with Gasteiger partial charge in [0.25, 0.3) is 17.0 Å². The van der Waals surface area contributed by atoms with Gasteiger partial charge in [0, 0.05) is 47.5 Å². The number of nitrogens with zero attached hydrogens (tertiary/aromatic N) is 4. The van der Waals surface area contributed by atoms with Gasteiger partial charge in [0.15, 0.2) is 0 Å².